The van der Waals surface area contributed by atoms with Crippen molar-refractivity contribution in [3.05, 3.63) is 0 Å². The lowest BCUT2D eigenvalue weighted by atomic mass is 9.59. The SMILES string of the molecule is O=C(O)C1[C@H]2C[C@H]3C[C@@H]1[C@@H]3C2. The first-order valence-electron chi connectivity index (χ1n) is 4.50. The molecule has 2 heteroatoms. The molecule has 0 aromatic carbocycles. The highest BCUT2D eigenvalue weighted by molar-refractivity contribution is 5.72. The van der Waals surface area contributed by atoms with Crippen LogP contribution in [0.5, 0.6) is 0 Å². The molecule has 0 heterocycles. The van der Waals surface area contributed by atoms with Crippen LogP contribution in [0.25, 0.3) is 0 Å². The van der Waals surface area contributed by atoms with E-state index in [0.29, 0.717) is 11.8 Å². The minimum atomic E-state index is -0.527. The average molecular weight is 152 g/mol. The summed E-state index contributed by atoms with van der Waals surface area (Å²) in [5.41, 5.74) is 0. The maximum atomic E-state index is 10.8. The molecule has 3 rings (SSSR count). The lowest BCUT2D eigenvalue weighted by Crippen LogP contribution is -2.42. The zero-order valence-corrected chi connectivity index (χ0v) is 6.36. The second-order valence-corrected chi connectivity index (χ2v) is 4.42. The highest BCUT2D eigenvalue weighted by atomic mass is 16.4. The molecule has 0 aliphatic heterocycles. The standard InChI is InChI=1S/C9H12O2/c10-9(11)8-5-1-4-2-7(8)6(4)3-5/h4-8H,1-3H2,(H,10,11)/t4-,5-,6+,7+,8?/m0/s1. The summed E-state index contributed by atoms with van der Waals surface area (Å²) in [5.74, 6) is 2.41. The minimum absolute atomic E-state index is 0.0463. The number of carboxylic acids is 1. The van der Waals surface area contributed by atoms with Crippen molar-refractivity contribution in [2.45, 2.75) is 19.3 Å². The van der Waals surface area contributed by atoms with Crippen molar-refractivity contribution in [3.8, 4) is 0 Å². The summed E-state index contributed by atoms with van der Waals surface area (Å²) < 4.78 is 0. The van der Waals surface area contributed by atoms with Crippen LogP contribution in [-0.4, -0.2) is 11.1 Å². The fourth-order valence-electron chi connectivity index (χ4n) is 3.77. The number of rotatable bonds is 1. The molecule has 0 radical (unpaired) electrons. The number of hydrogen-bond acceptors (Lipinski definition) is 1. The Morgan fingerprint density at radius 3 is 2.18 bits per heavy atom. The summed E-state index contributed by atoms with van der Waals surface area (Å²) in [6.07, 6.45) is 3.67. The van der Waals surface area contributed by atoms with Gasteiger partial charge in [-0.1, -0.05) is 0 Å². The molecule has 11 heavy (non-hydrogen) atoms. The molecule has 2 bridgehead atoms. The number of aliphatic carboxylic acids is 1. The topological polar surface area (TPSA) is 37.3 Å². The van der Waals surface area contributed by atoms with Gasteiger partial charge < -0.3 is 5.11 Å². The van der Waals surface area contributed by atoms with Gasteiger partial charge >= 0.3 is 5.97 Å². The molecule has 3 aliphatic rings. The van der Waals surface area contributed by atoms with Gasteiger partial charge in [0.1, 0.15) is 0 Å². The molecule has 3 saturated carbocycles. The molecule has 3 aliphatic carbocycles. The second-order valence-electron chi connectivity index (χ2n) is 4.42. The van der Waals surface area contributed by atoms with Crippen LogP contribution in [-0.2, 0) is 4.79 Å². The summed E-state index contributed by atoms with van der Waals surface area (Å²) in [6, 6.07) is 0. The van der Waals surface area contributed by atoms with E-state index < -0.39 is 5.97 Å². The fraction of sp³-hybridized carbons (Fsp3) is 0.889. The summed E-state index contributed by atoms with van der Waals surface area (Å²) in [7, 11) is 0. The first kappa shape index (κ1) is 6.04. The van der Waals surface area contributed by atoms with Gasteiger partial charge in [-0.3, -0.25) is 4.79 Å². The Morgan fingerprint density at radius 1 is 1.09 bits per heavy atom. The van der Waals surface area contributed by atoms with E-state index in [4.69, 9.17) is 5.11 Å². The second kappa shape index (κ2) is 1.62. The monoisotopic (exact) mass is 152 g/mol. The van der Waals surface area contributed by atoms with Crippen LogP contribution in [0.4, 0.5) is 0 Å². The molecule has 2 nitrogen and oxygen atoms in total. The molecule has 3 fully saturated rings. The highest BCUT2D eigenvalue weighted by Crippen LogP contribution is 2.66. The average Bonchev–Trinajstić information content (AvgIpc) is 2.40. The molecular formula is C9H12O2. The quantitative estimate of drug-likeness (QED) is 0.616. The summed E-state index contributed by atoms with van der Waals surface area (Å²) in [5, 5.41) is 8.93. The molecule has 0 spiro atoms. The fourth-order valence-corrected chi connectivity index (χ4v) is 3.77. The molecule has 60 valence electrons. The Kier molecular flexibility index (Phi) is 0.890. The van der Waals surface area contributed by atoms with Crippen molar-refractivity contribution >= 4 is 5.97 Å². The third-order valence-corrected chi connectivity index (χ3v) is 4.17. The van der Waals surface area contributed by atoms with Crippen LogP contribution in [0.1, 0.15) is 19.3 Å². The van der Waals surface area contributed by atoms with E-state index in [9.17, 15) is 4.79 Å². The van der Waals surface area contributed by atoms with Crippen molar-refractivity contribution < 1.29 is 9.90 Å². The summed E-state index contributed by atoms with van der Waals surface area (Å²) in [6.45, 7) is 0. The summed E-state index contributed by atoms with van der Waals surface area (Å²) >= 11 is 0. The molecule has 0 amide bonds. The van der Waals surface area contributed by atoms with E-state index in [0.717, 1.165) is 11.8 Å². The van der Waals surface area contributed by atoms with Crippen LogP contribution in [0, 0.1) is 29.6 Å². The maximum Gasteiger partial charge on any atom is 0.307 e. The molecule has 0 aromatic heterocycles. The van der Waals surface area contributed by atoms with E-state index in [1.54, 1.807) is 0 Å². The third kappa shape index (κ3) is 0.534. The van der Waals surface area contributed by atoms with Crippen molar-refractivity contribution in [1.82, 2.24) is 0 Å². The first-order valence-corrected chi connectivity index (χ1v) is 4.50. The van der Waals surface area contributed by atoms with Crippen LogP contribution in [0.2, 0.25) is 0 Å². The Bertz CT molecular complexity index is 220. The van der Waals surface area contributed by atoms with Crippen molar-refractivity contribution in [2.24, 2.45) is 29.6 Å². The number of fused-ring (bicyclic) bond motifs is 1. The molecule has 1 unspecified atom stereocenters. The Labute approximate surface area is 65.6 Å². The van der Waals surface area contributed by atoms with Crippen LogP contribution in [0.3, 0.4) is 0 Å². The smallest absolute Gasteiger partial charge is 0.307 e. The lowest BCUT2D eigenvalue weighted by Gasteiger charge is -2.45. The number of carbonyl (C=O) groups is 1. The van der Waals surface area contributed by atoms with Gasteiger partial charge in [0.05, 0.1) is 5.92 Å². The molecule has 1 N–H and O–H groups in total. The van der Waals surface area contributed by atoms with E-state index in [1.807, 2.05) is 0 Å². The van der Waals surface area contributed by atoms with Gasteiger partial charge in [0.25, 0.3) is 0 Å². The predicted molar refractivity (Wildman–Crippen MR) is 38.9 cm³/mol. The van der Waals surface area contributed by atoms with Gasteiger partial charge in [0.2, 0.25) is 0 Å². The first-order chi connectivity index (χ1) is 5.27. The zero-order chi connectivity index (χ0) is 7.59. The number of carboxylic acid groups (broad SMARTS) is 1. The van der Waals surface area contributed by atoms with Gasteiger partial charge in [-0.05, 0) is 42.9 Å². The summed E-state index contributed by atoms with van der Waals surface area (Å²) in [4.78, 5) is 10.8. The van der Waals surface area contributed by atoms with Crippen molar-refractivity contribution in [1.29, 1.82) is 0 Å². The predicted octanol–water partition coefficient (Wildman–Crippen LogP) is 1.36. The van der Waals surface area contributed by atoms with Gasteiger partial charge in [-0.2, -0.15) is 0 Å². The molecular weight excluding hydrogens is 140 g/mol. The lowest BCUT2D eigenvalue weighted by molar-refractivity contribution is -0.149. The molecule has 0 saturated heterocycles. The van der Waals surface area contributed by atoms with E-state index in [1.165, 1.54) is 19.3 Å². The third-order valence-electron chi connectivity index (χ3n) is 4.17. The Morgan fingerprint density at radius 2 is 1.82 bits per heavy atom. The maximum absolute atomic E-state index is 10.8. The normalized spacial score (nSPS) is 57.6. The van der Waals surface area contributed by atoms with Gasteiger partial charge in [0, 0.05) is 0 Å². The van der Waals surface area contributed by atoms with Gasteiger partial charge in [-0.25, -0.2) is 0 Å². The highest BCUT2D eigenvalue weighted by Gasteiger charge is 2.61. The van der Waals surface area contributed by atoms with E-state index in [-0.39, 0.29) is 5.92 Å². The minimum Gasteiger partial charge on any atom is -0.481 e. The zero-order valence-electron chi connectivity index (χ0n) is 6.36. The van der Waals surface area contributed by atoms with Crippen molar-refractivity contribution in [2.75, 3.05) is 0 Å². The Hall–Kier alpha value is -0.530. The number of hydrogen-bond donors (Lipinski definition) is 1. The molecule has 5 atom stereocenters. The van der Waals surface area contributed by atoms with E-state index in [2.05, 4.69) is 0 Å². The largest absolute Gasteiger partial charge is 0.481 e. The van der Waals surface area contributed by atoms with E-state index >= 15 is 0 Å². The van der Waals surface area contributed by atoms with Crippen molar-refractivity contribution in [3.63, 3.8) is 0 Å². The van der Waals surface area contributed by atoms with Crippen LogP contribution < -0.4 is 0 Å². The van der Waals surface area contributed by atoms with Gasteiger partial charge in [-0.15, -0.1) is 0 Å². The Balaban J connectivity index is 1.93. The van der Waals surface area contributed by atoms with Crippen LogP contribution in [0.15, 0.2) is 0 Å². The van der Waals surface area contributed by atoms with Crippen LogP contribution >= 0.6 is 0 Å². The van der Waals surface area contributed by atoms with Gasteiger partial charge in [0.15, 0.2) is 0 Å². The molecule has 0 aromatic rings.